The lowest BCUT2D eigenvalue weighted by Gasteiger charge is -2.11. The summed E-state index contributed by atoms with van der Waals surface area (Å²) in [5.41, 5.74) is 8.07. The molecule has 1 aromatic heterocycles. The molecule has 0 unspecified atom stereocenters. The lowest BCUT2D eigenvalue weighted by molar-refractivity contribution is 0.0947. The lowest BCUT2D eigenvalue weighted by Crippen LogP contribution is -2.47. The molecule has 1 aliphatic carbocycles. The van der Waals surface area contributed by atoms with Crippen molar-refractivity contribution in [2.24, 2.45) is 0 Å². The summed E-state index contributed by atoms with van der Waals surface area (Å²) in [6.07, 6.45) is 6.80. The molecule has 0 radical (unpaired) electrons. The summed E-state index contributed by atoms with van der Waals surface area (Å²) in [6, 6.07) is 12.3. The maximum Gasteiger partial charge on any atom is 0.279 e. The third-order valence-corrected chi connectivity index (χ3v) is 5.78. The molecular formula is C19H23N3OS2. The van der Waals surface area contributed by atoms with Gasteiger partial charge in [-0.25, -0.2) is 0 Å². The Kier molecular flexibility index (Phi) is 6.42. The summed E-state index contributed by atoms with van der Waals surface area (Å²) < 4.78 is 0. The standard InChI is InChI=1S/C19H23N3OS2/c23-18(17-13-15-9-5-2-6-10-16(15)25-17)21-22-19(24)20-12-11-14-7-3-1-4-8-14/h1,3-4,7-8,13H,2,5-6,9-12H2,(H,21,23)(H2,20,22,24). The van der Waals surface area contributed by atoms with Crippen LogP contribution in [0.1, 0.15) is 44.9 Å². The Morgan fingerprint density at radius 1 is 1.08 bits per heavy atom. The Labute approximate surface area is 158 Å². The van der Waals surface area contributed by atoms with E-state index in [-0.39, 0.29) is 5.91 Å². The maximum atomic E-state index is 12.3. The molecule has 0 saturated heterocycles. The summed E-state index contributed by atoms with van der Waals surface area (Å²) in [5, 5.41) is 3.54. The van der Waals surface area contributed by atoms with Crippen LogP contribution in [0.25, 0.3) is 0 Å². The van der Waals surface area contributed by atoms with E-state index in [4.69, 9.17) is 12.2 Å². The first kappa shape index (κ1) is 17.9. The first-order chi connectivity index (χ1) is 12.2. The lowest BCUT2D eigenvalue weighted by atomic mass is 10.1. The number of rotatable bonds is 4. The Balaban J connectivity index is 1.42. The van der Waals surface area contributed by atoms with Gasteiger partial charge in [0.25, 0.3) is 5.91 Å². The SMILES string of the molecule is O=C(NNC(=S)NCCc1ccccc1)c1cc2c(s1)CCCCC2. The number of hydrogen-bond donors (Lipinski definition) is 3. The van der Waals surface area contributed by atoms with Gasteiger partial charge in [0.15, 0.2) is 5.11 Å². The second-order valence-corrected chi connectivity index (χ2v) is 7.74. The number of thiocarbonyl (C=S) groups is 1. The zero-order valence-electron chi connectivity index (χ0n) is 14.1. The minimum Gasteiger partial charge on any atom is -0.361 e. The highest BCUT2D eigenvalue weighted by atomic mass is 32.1. The molecule has 0 bridgehead atoms. The molecule has 25 heavy (non-hydrogen) atoms. The smallest absolute Gasteiger partial charge is 0.279 e. The highest BCUT2D eigenvalue weighted by Crippen LogP contribution is 2.28. The molecule has 1 aromatic carbocycles. The Bertz CT molecular complexity index is 704. The second kappa shape index (κ2) is 8.97. The van der Waals surface area contributed by atoms with E-state index >= 15 is 0 Å². The molecule has 0 aliphatic heterocycles. The van der Waals surface area contributed by atoms with Crippen LogP contribution in [0.3, 0.4) is 0 Å². The highest BCUT2D eigenvalue weighted by Gasteiger charge is 2.16. The third kappa shape index (κ3) is 5.28. The average molecular weight is 374 g/mol. The number of carbonyl (C=O) groups excluding carboxylic acids is 1. The summed E-state index contributed by atoms with van der Waals surface area (Å²) in [5.74, 6) is -0.120. The van der Waals surface area contributed by atoms with Crippen molar-refractivity contribution in [1.82, 2.24) is 16.2 Å². The van der Waals surface area contributed by atoms with Gasteiger partial charge < -0.3 is 5.32 Å². The van der Waals surface area contributed by atoms with Gasteiger partial charge in [0.05, 0.1) is 4.88 Å². The van der Waals surface area contributed by atoms with Crippen molar-refractivity contribution < 1.29 is 4.79 Å². The van der Waals surface area contributed by atoms with E-state index in [2.05, 4.69) is 28.3 Å². The van der Waals surface area contributed by atoms with Crippen LogP contribution in [0, 0.1) is 0 Å². The molecule has 6 heteroatoms. The molecule has 1 heterocycles. The fourth-order valence-electron chi connectivity index (χ4n) is 2.96. The van der Waals surface area contributed by atoms with Gasteiger partial charge in [-0.2, -0.15) is 0 Å². The van der Waals surface area contributed by atoms with Crippen molar-refractivity contribution in [2.45, 2.75) is 38.5 Å². The van der Waals surface area contributed by atoms with Gasteiger partial charge in [-0.1, -0.05) is 36.8 Å². The van der Waals surface area contributed by atoms with Gasteiger partial charge in [-0.15, -0.1) is 11.3 Å². The number of fused-ring (bicyclic) bond motifs is 1. The fraction of sp³-hybridized carbons (Fsp3) is 0.368. The molecule has 0 atom stereocenters. The van der Waals surface area contributed by atoms with E-state index in [9.17, 15) is 4.79 Å². The fourth-order valence-corrected chi connectivity index (χ4v) is 4.27. The van der Waals surface area contributed by atoms with Gasteiger partial charge in [0.2, 0.25) is 0 Å². The Hall–Kier alpha value is -1.92. The first-order valence-corrected chi connectivity index (χ1v) is 9.94. The molecule has 132 valence electrons. The van der Waals surface area contributed by atoms with E-state index in [1.807, 2.05) is 24.3 Å². The zero-order valence-corrected chi connectivity index (χ0v) is 15.8. The zero-order chi connectivity index (χ0) is 17.5. The monoisotopic (exact) mass is 373 g/mol. The number of carbonyl (C=O) groups is 1. The van der Waals surface area contributed by atoms with Crippen molar-refractivity contribution in [2.75, 3.05) is 6.54 Å². The van der Waals surface area contributed by atoms with Crippen molar-refractivity contribution >= 4 is 34.6 Å². The number of hydrazine groups is 1. The Morgan fingerprint density at radius 3 is 2.72 bits per heavy atom. The summed E-state index contributed by atoms with van der Waals surface area (Å²) in [4.78, 5) is 14.4. The topological polar surface area (TPSA) is 53.2 Å². The number of benzene rings is 1. The van der Waals surface area contributed by atoms with Gasteiger partial charge in [-0.3, -0.25) is 15.6 Å². The maximum absolute atomic E-state index is 12.3. The van der Waals surface area contributed by atoms with Crippen LogP contribution in [0.2, 0.25) is 0 Å². The van der Waals surface area contributed by atoms with Crippen molar-refractivity contribution in [3.63, 3.8) is 0 Å². The summed E-state index contributed by atoms with van der Waals surface area (Å²) >= 11 is 6.82. The van der Waals surface area contributed by atoms with Gasteiger partial charge in [-0.05, 0) is 61.5 Å². The number of aryl methyl sites for hydroxylation is 2. The average Bonchev–Trinajstić information content (AvgIpc) is 2.91. The molecule has 1 aliphatic rings. The third-order valence-electron chi connectivity index (χ3n) is 4.30. The van der Waals surface area contributed by atoms with Gasteiger partial charge >= 0.3 is 0 Å². The minimum absolute atomic E-state index is 0.120. The van der Waals surface area contributed by atoms with Crippen LogP contribution in [-0.4, -0.2) is 17.6 Å². The van der Waals surface area contributed by atoms with E-state index < -0.39 is 0 Å². The van der Waals surface area contributed by atoms with Gasteiger partial charge in [0.1, 0.15) is 0 Å². The number of hydrogen-bond acceptors (Lipinski definition) is 3. The molecule has 3 rings (SSSR count). The predicted molar refractivity (Wildman–Crippen MR) is 107 cm³/mol. The van der Waals surface area contributed by atoms with Crippen molar-refractivity contribution in [3.8, 4) is 0 Å². The molecule has 0 saturated carbocycles. The highest BCUT2D eigenvalue weighted by molar-refractivity contribution is 7.80. The largest absolute Gasteiger partial charge is 0.361 e. The number of amides is 1. The molecule has 1 amide bonds. The molecule has 3 N–H and O–H groups in total. The van der Waals surface area contributed by atoms with Crippen LogP contribution in [0.5, 0.6) is 0 Å². The van der Waals surface area contributed by atoms with Crippen LogP contribution in [-0.2, 0) is 19.3 Å². The van der Waals surface area contributed by atoms with Crippen molar-refractivity contribution in [3.05, 3.63) is 57.3 Å². The van der Waals surface area contributed by atoms with Crippen LogP contribution < -0.4 is 16.2 Å². The molecular weight excluding hydrogens is 350 g/mol. The molecule has 4 nitrogen and oxygen atoms in total. The van der Waals surface area contributed by atoms with Crippen LogP contribution in [0.15, 0.2) is 36.4 Å². The summed E-state index contributed by atoms with van der Waals surface area (Å²) in [6.45, 7) is 0.721. The molecule has 0 spiro atoms. The van der Waals surface area contributed by atoms with E-state index in [0.717, 1.165) is 30.7 Å². The van der Waals surface area contributed by atoms with E-state index in [1.54, 1.807) is 11.3 Å². The normalized spacial score (nSPS) is 13.4. The minimum atomic E-state index is -0.120. The number of thiophene rings is 1. The second-order valence-electron chi connectivity index (χ2n) is 6.19. The van der Waals surface area contributed by atoms with E-state index in [0.29, 0.717) is 5.11 Å². The van der Waals surface area contributed by atoms with Crippen molar-refractivity contribution in [1.29, 1.82) is 0 Å². The predicted octanol–water partition coefficient (Wildman–Crippen LogP) is 3.37. The van der Waals surface area contributed by atoms with E-state index in [1.165, 1.54) is 35.3 Å². The van der Waals surface area contributed by atoms with Gasteiger partial charge in [0, 0.05) is 11.4 Å². The number of nitrogens with one attached hydrogen (secondary N) is 3. The first-order valence-electron chi connectivity index (χ1n) is 8.72. The molecule has 2 aromatic rings. The van der Waals surface area contributed by atoms with Crippen LogP contribution >= 0.6 is 23.6 Å². The Morgan fingerprint density at radius 2 is 1.88 bits per heavy atom. The molecule has 0 fully saturated rings. The van der Waals surface area contributed by atoms with Crippen LogP contribution in [0.4, 0.5) is 0 Å². The quantitative estimate of drug-likeness (QED) is 0.437. The summed E-state index contributed by atoms with van der Waals surface area (Å²) in [7, 11) is 0.